The van der Waals surface area contributed by atoms with E-state index in [1.165, 1.54) is 29.6 Å². The Kier molecular flexibility index (Phi) is 30.6. The van der Waals surface area contributed by atoms with Gasteiger partial charge < -0.3 is 66.2 Å². The Morgan fingerprint density at radius 3 is 0.858 bits per heavy atom. The number of hydrogen-bond donors (Lipinski definition) is 4. The van der Waals surface area contributed by atoms with E-state index in [0.717, 1.165) is 146 Å². The zero-order valence-electron chi connectivity index (χ0n) is 78.6. The third kappa shape index (κ3) is 22.9. The molecule has 0 aliphatic carbocycles. The van der Waals surface area contributed by atoms with Gasteiger partial charge in [-0.25, -0.2) is 67.0 Å². The van der Waals surface area contributed by atoms with Crippen molar-refractivity contribution in [3.05, 3.63) is 292 Å². The van der Waals surface area contributed by atoms with E-state index < -0.39 is 10.0 Å². The third-order valence-electron chi connectivity index (χ3n) is 24.8. The maximum absolute atomic E-state index is 12.6. The average Bonchev–Trinajstić information content (AvgIpc) is 1.62. The Hall–Kier alpha value is -16.4. The number of benzene rings is 8. The van der Waals surface area contributed by atoms with Crippen molar-refractivity contribution < 1.29 is 46.5 Å². The highest BCUT2D eigenvalue weighted by Crippen LogP contribution is 2.42. The van der Waals surface area contributed by atoms with Crippen LogP contribution in [0.4, 0.5) is 23.3 Å². The third-order valence-corrected chi connectivity index (χ3v) is 26.3. The van der Waals surface area contributed by atoms with Gasteiger partial charge in [-0.1, -0.05) is 97.6 Å². The molecule has 720 valence electrons. The highest BCUT2D eigenvalue weighted by atomic mass is 32.2. The number of ether oxygens (including phenoxy) is 5. The van der Waals surface area contributed by atoms with Crippen LogP contribution in [0.2, 0.25) is 0 Å². The average molecular weight is 1910 g/mol. The molecule has 0 spiro atoms. The molecular weight excluding hydrogens is 1800 g/mol. The maximum atomic E-state index is 12.6. The zero-order chi connectivity index (χ0) is 97.9. The number of piperidine rings is 4. The summed E-state index contributed by atoms with van der Waals surface area (Å²) in [4.78, 5) is 79.7. The molecule has 12 heterocycles. The molecule has 20 rings (SSSR count). The fourth-order valence-corrected chi connectivity index (χ4v) is 18.5. The van der Waals surface area contributed by atoms with Gasteiger partial charge in [0, 0.05) is 106 Å². The number of sulfonamides is 1. The first-order valence-electron chi connectivity index (χ1n) is 46.6. The van der Waals surface area contributed by atoms with Gasteiger partial charge in [-0.15, -0.1) is 0 Å². The molecule has 141 heavy (non-hydrogen) atoms. The highest BCUT2D eigenvalue weighted by molar-refractivity contribution is 7.92. The molecule has 36 heteroatoms. The Labute approximate surface area is 815 Å². The quantitative estimate of drug-likeness (QED) is 0.0386. The second kappa shape index (κ2) is 44.8. The summed E-state index contributed by atoms with van der Waals surface area (Å²) in [7, 11) is 2.13. The number of likely N-dealkylation sites (N-methyl/N-ethyl adjacent to an activating group) is 1. The van der Waals surface area contributed by atoms with Crippen molar-refractivity contribution in [2.45, 2.75) is 82.5 Å². The molecule has 0 bridgehead atoms. The van der Waals surface area contributed by atoms with Gasteiger partial charge in [0.2, 0.25) is 27.7 Å². The Morgan fingerprint density at radius 2 is 0.610 bits per heavy atom. The summed E-state index contributed by atoms with van der Waals surface area (Å²) in [6.07, 6.45) is 22.0. The van der Waals surface area contributed by atoms with E-state index in [4.69, 9.17) is 67.0 Å². The first-order chi connectivity index (χ1) is 68.7. The summed E-state index contributed by atoms with van der Waals surface area (Å²) >= 11 is 0. The first kappa shape index (κ1) is 96.3. The molecule has 0 atom stereocenters. The minimum atomic E-state index is -3.43. The monoisotopic (exact) mass is 1910 g/mol. The minimum Gasteiger partial charge on any atom is -0.457 e. The summed E-state index contributed by atoms with van der Waals surface area (Å²) < 4.78 is 62.0. The summed E-state index contributed by atoms with van der Waals surface area (Å²) in [5, 5.41) is 23.6. The number of nitrogens with two attached hydrogens (primary N) is 4. The number of fused-ring (bicyclic) bond motifs is 4. The summed E-state index contributed by atoms with van der Waals surface area (Å²) in [5.41, 5.74) is 34.3. The van der Waals surface area contributed by atoms with E-state index in [2.05, 4.69) is 46.5 Å². The molecule has 4 fully saturated rings. The van der Waals surface area contributed by atoms with Gasteiger partial charge in [-0.2, -0.15) is 24.7 Å². The molecule has 8 aromatic heterocycles. The fourth-order valence-electron chi connectivity index (χ4n) is 17.5. The van der Waals surface area contributed by atoms with Crippen LogP contribution in [0.3, 0.4) is 0 Å². The number of allylic oxidation sites excluding steroid dienone is 1. The molecular formula is C105H109N25O10S. The summed E-state index contributed by atoms with van der Waals surface area (Å²) in [5.74, 6) is 7.64. The predicted octanol–water partition coefficient (Wildman–Crippen LogP) is 17.0. The number of carbonyl (C=O) groups excluding carboxylic acids is 3. The topological polar surface area (TPSA) is 426 Å². The van der Waals surface area contributed by atoms with Gasteiger partial charge in [0.1, 0.15) is 117 Å². The van der Waals surface area contributed by atoms with Crippen LogP contribution in [-0.2, 0) is 29.1 Å². The van der Waals surface area contributed by atoms with Gasteiger partial charge >= 0.3 is 0 Å². The normalized spacial score (nSPS) is 14.8. The number of nitrogens with zero attached hydrogens (tertiary/aromatic N) is 21. The number of hydrogen-bond acceptors (Lipinski definition) is 27. The van der Waals surface area contributed by atoms with Crippen molar-refractivity contribution in [1.82, 2.24) is 103 Å². The van der Waals surface area contributed by atoms with Gasteiger partial charge in [0.15, 0.2) is 22.6 Å². The van der Waals surface area contributed by atoms with Gasteiger partial charge in [-0.05, 0) is 224 Å². The van der Waals surface area contributed by atoms with Crippen LogP contribution in [0.1, 0.15) is 82.5 Å². The van der Waals surface area contributed by atoms with Crippen LogP contribution >= 0.6 is 0 Å². The van der Waals surface area contributed by atoms with E-state index in [1.54, 1.807) is 37.5 Å². The smallest absolute Gasteiger partial charge is 0.246 e. The van der Waals surface area contributed by atoms with E-state index in [-0.39, 0.29) is 41.9 Å². The lowest BCUT2D eigenvalue weighted by Crippen LogP contribution is -2.38. The van der Waals surface area contributed by atoms with Gasteiger partial charge in [-0.3, -0.25) is 14.4 Å². The minimum absolute atomic E-state index is 0.000827. The first-order valence-corrected chi connectivity index (χ1v) is 48.1. The zero-order valence-corrected chi connectivity index (χ0v) is 79.4. The number of rotatable bonds is 25. The molecule has 0 saturated carbocycles. The van der Waals surface area contributed by atoms with E-state index in [0.29, 0.717) is 134 Å². The second-order valence-corrected chi connectivity index (χ2v) is 36.2. The van der Waals surface area contributed by atoms with Crippen LogP contribution in [0.5, 0.6) is 46.0 Å². The number of amides is 3. The lowest BCUT2D eigenvalue weighted by atomic mass is 10.1. The number of methoxy groups -OCH3 is 1. The van der Waals surface area contributed by atoms with Crippen LogP contribution in [0.25, 0.3) is 89.2 Å². The number of anilines is 4. The SMILES string of the molecule is C/C=C/C(=O)N1CCC(n2nc(-c3ccc(Oc4ccccc4)cc3)c3c(N)ncnc32)CC1.C=CS(=O)(=O)N1CCC(n2nc(-c3ccc(Oc4ccccc4)cc3)c3c(N)ncnc32)CC1.CN(C)C/C=C/C(=O)N1CCC(n2nc(-c3ccc(Oc4ccccc4)cc3)c3c(N)ncnc32)CC1.COC/C=C/C(=O)N1CCC(n2nc(-c3ccc(Oc4ccccc4)cc3)c3c(N)ncnc32)CC1. The highest BCUT2D eigenvalue weighted by Gasteiger charge is 2.34. The van der Waals surface area contributed by atoms with Gasteiger partial charge in [0.25, 0.3) is 0 Å². The lowest BCUT2D eigenvalue weighted by Gasteiger charge is -2.31. The number of likely N-dealkylation sites (tertiary alicyclic amines) is 3. The molecule has 8 aromatic carbocycles. The molecule has 16 aromatic rings. The molecule has 0 radical (unpaired) electrons. The summed E-state index contributed by atoms with van der Waals surface area (Å²) in [6.45, 7) is 11.2. The predicted molar refractivity (Wildman–Crippen MR) is 544 cm³/mol. The largest absolute Gasteiger partial charge is 0.457 e. The molecule has 4 aliphatic rings. The van der Waals surface area contributed by atoms with Crippen LogP contribution < -0.4 is 41.9 Å². The van der Waals surface area contributed by atoms with Crippen molar-refractivity contribution in [3.8, 4) is 91.0 Å². The van der Waals surface area contributed by atoms with Crippen molar-refractivity contribution in [2.24, 2.45) is 0 Å². The number of nitrogen functional groups attached to an aromatic ring is 4. The van der Waals surface area contributed by atoms with Gasteiger partial charge in [0.05, 0.1) is 52.3 Å². The van der Waals surface area contributed by atoms with Crippen LogP contribution in [0.15, 0.2) is 292 Å². The van der Waals surface area contributed by atoms with Crippen molar-refractivity contribution in [2.75, 3.05) is 110 Å². The molecule has 35 nitrogen and oxygen atoms in total. The Bertz CT molecular complexity index is 7230. The molecule has 4 aliphatic heterocycles. The Morgan fingerprint density at radius 1 is 0.362 bits per heavy atom. The Balaban J connectivity index is 0.000000130. The lowest BCUT2D eigenvalue weighted by molar-refractivity contribution is -0.128. The number of aromatic nitrogens is 16. The van der Waals surface area contributed by atoms with E-state index in [1.807, 2.05) is 284 Å². The van der Waals surface area contributed by atoms with E-state index >= 15 is 0 Å². The molecule has 8 N–H and O–H groups in total. The van der Waals surface area contributed by atoms with Crippen molar-refractivity contribution in [3.63, 3.8) is 0 Å². The van der Waals surface area contributed by atoms with Crippen molar-refractivity contribution in [1.29, 1.82) is 0 Å². The summed E-state index contributed by atoms with van der Waals surface area (Å²) in [6, 6.07) is 69.8. The van der Waals surface area contributed by atoms with Crippen LogP contribution in [-0.4, -0.2) is 216 Å². The standard InChI is InChI=1S/C28H31N7O2.C27H28N6O3.C26H26N6O2.C24H24N6O3S/c1-33(2)16-6-9-24(36)34-17-14-21(15-18-34)35-28-25(27(29)30-19-31-28)26(32-35)20-10-12-23(13-11-20)37-22-7-4-3-5-8-22;1-35-17-5-8-23(34)32-15-13-20(14-16-32)33-27-24(26(28)29-18-30-27)25(31-33)19-9-11-22(12-10-19)36-21-6-3-2-4-7-21;1-2-6-22(33)31-15-13-19(14-16-31)32-26-23(25(27)28-17-29-26)24(30-32)18-9-11-21(12-10-18)34-20-7-4-3-5-8-20;1-2-34(31,32)29-14-12-18(13-15-29)30-24-21(23(25)26-16-27-24)22(28-30)17-8-10-20(11-9-17)33-19-6-4-3-5-7-19/h3-13,19,21H,14-18H2,1-2H3,(H2,29,30,31);2-12,18,20H,13-17H2,1H3,(H2,28,29,30);2-12,17,19H,13-16H2,1H3,(H2,27,28,29);2-11,16,18H,1,12-15H2,(H2,25,26,27)/b9-6+;8-5+;6-2+;. The molecule has 4 saturated heterocycles. The van der Waals surface area contributed by atoms with Crippen LogP contribution in [0, 0.1) is 0 Å². The molecule has 3 amide bonds. The fraction of sp³-hybridized carbons (Fsp3) is 0.248. The molecule has 0 unspecified atom stereocenters. The van der Waals surface area contributed by atoms with E-state index in [9.17, 15) is 22.8 Å². The number of carbonyl (C=O) groups is 3. The second-order valence-electron chi connectivity index (χ2n) is 34.3. The maximum Gasteiger partial charge on any atom is 0.246 e. The van der Waals surface area contributed by atoms with Crippen molar-refractivity contribution >= 4 is 95.1 Å². The number of para-hydroxylation sites is 4.